The van der Waals surface area contributed by atoms with Crippen molar-refractivity contribution in [3.8, 4) is 0 Å². The van der Waals surface area contributed by atoms with Crippen LogP contribution in [-0.2, 0) is 4.79 Å². The van der Waals surface area contributed by atoms with Crippen LogP contribution in [0, 0.1) is 5.92 Å². The molecule has 5 aromatic carbocycles. The van der Waals surface area contributed by atoms with Crippen molar-refractivity contribution in [1.82, 2.24) is 9.80 Å². The second-order valence-electron chi connectivity index (χ2n) is 11.9. The normalized spacial score (nSPS) is 18.1. The van der Waals surface area contributed by atoms with Gasteiger partial charge in [-0.2, -0.15) is 0 Å². The van der Waals surface area contributed by atoms with E-state index in [1.165, 1.54) is 0 Å². The lowest BCUT2D eigenvalue weighted by Crippen LogP contribution is -2.51. The number of piperidine rings is 2. The fourth-order valence-corrected chi connectivity index (χ4v) is 7.12. The maximum absolute atomic E-state index is 14.1. The first-order chi connectivity index (χ1) is 21.2. The van der Waals surface area contributed by atoms with E-state index in [9.17, 15) is 9.59 Å². The molecule has 2 amide bonds. The van der Waals surface area contributed by atoms with Gasteiger partial charge < -0.3 is 4.90 Å². The molecular weight excluding hydrogens is 530 g/mol. The maximum atomic E-state index is 14.1. The van der Waals surface area contributed by atoms with E-state index in [2.05, 4.69) is 35.2 Å². The number of benzene rings is 5. The van der Waals surface area contributed by atoms with Crippen LogP contribution >= 0.6 is 0 Å². The third-order valence-corrected chi connectivity index (χ3v) is 9.30. The summed E-state index contributed by atoms with van der Waals surface area (Å²) in [6, 6.07) is 39.0. The molecule has 1 atom stereocenters. The molecule has 0 N–H and O–H groups in total. The topological polar surface area (TPSA) is 43.9 Å². The zero-order valence-corrected chi connectivity index (χ0v) is 24.4. The van der Waals surface area contributed by atoms with Crippen molar-refractivity contribution in [3.05, 3.63) is 121 Å². The van der Waals surface area contributed by atoms with E-state index < -0.39 is 0 Å². The minimum Gasteiger partial charge on any atom is -0.338 e. The Labute approximate surface area is 253 Å². The molecule has 216 valence electrons. The van der Waals surface area contributed by atoms with Crippen LogP contribution in [0.3, 0.4) is 0 Å². The van der Waals surface area contributed by atoms with Crippen molar-refractivity contribution >= 4 is 44.7 Å². The largest absolute Gasteiger partial charge is 0.338 e. The lowest BCUT2D eigenvalue weighted by atomic mass is 9.91. The predicted octanol–water partition coefficient (Wildman–Crippen LogP) is 7.67. The van der Waals surface area contributed by atoms with Gasteiger partial charge in [0.05, 0.1) is 11.5 Å². The molecule has 5 heteroatoms. The van der Waals surface area contributed by atoms with Gasteiger partial charge >= 0.3 is 0 Å². The third-order valence-electron chi connectivity index (χ3n) is 9.30. The lowest BCUT2D eigenvalue weighted by molar-refractivity contribution is -0.123. The molecule has 43 heavy (non-hydrogen) atoms. The summed E-state index contributed by atoms with van der Waals surface area (Å²) in [5, 5.41) is 4.24. The molecule has 1 unspecified atom stereocenters. The maximum Gasteiger partial charge on any atom is 0.255 e. The highest BCUT2D eigenvalue weighted by Gasteiger charge is 2.35. The number of likely N-dealkylation sites (tertiary alicyclic amines) is 2. The smallest absolute Gasteiger partial charge is 0.255 e. The van der Waals surface area contributed by atoms with E-state index in [0.29, 0.717) is 6.04 Å². The molecule has 0 aliphatic carbocycles. The van der Waals surface area contributed by atoms with Gasteiger partial charge in [-0.05, 0) is 84.1 Å². The Hall–Kier alpha value is -4.48. The summed E-state index contributed by atoms with van der Waals surface area (Å²) >= 11 is 0. The first kappa shape index (κ1) is 27.4. The predicted molar refractivity (Wildman–Crippen MR) is 175 cm³/mol. The van der Waals surface area contributed by atoms with Gasteiger partial charge in [0.2, 0.25) is 5.91 Å². The second-order valence-corrected chi connectivity index (χ2v) is 11.9. The van der Waals surface area contributed by atoms with E-state index in [0.717, 1.165) is 90.3 Å². The Kier molecular flexibility index (Phi) is 7.65. The summed E-state index contributed by atoms with van der Waals surface area (Å²) in [7, 11) is 0. The van der Waals surface area contributed by atoms with Crippen LogP contribution in [-0.4, -0.2) is 53.8 Å². The summed E-state index contributed by atoms with van der Waals surface area (Å²) in [5.41, 5.74) is 2.63. The fraction of sp³-hybridized carbons (Fsp3) is 0.263. The fourth-order valence-electron chi connectivity index (χ4n) is 7.12. The highest BCUT2D eigenvalue weighted by atomic mass is 16.2. The Morgan fingerprint density at radius 1 is 0.628 bits per heavy atom. The molecule has 2 fully saturated rings. The molecule has 0 radical (unpaired) electrons. The molecule has 5 aromatic rings. The number of hydrogen-bond acceptors (Lipinski definition) is 3. The molecule has 0 bridgehead atoms. The molecule has 5 nitrogen and oxygen atoms in total. The zero-order valence-electron chi connectivity index (χ0n) is 24.4. The molecule has 0 spiro atoms. The highest BCUT2D eigenvalue weighted by Crippen LogP contribution is 2.33. The Balaban J connectivity index is 1.06. The number of fused-ring (bicyclic) bond motifs is 2. The third kappa shape index (κ3) is 5.41. The van der Waals surface area contributed by atoms with Gasteiger partial charge in [0.1, 0.15) is 0 Å². The molecule has 0 saturated carbocycles. The van der Waals surface area contributed by atoms with E-state index in [4.69, 9.17) is 0 Å². The van der Waals surface area contributed by atoms with Crippen molar-refractivity contribution in [2.75, 3.05) is 31.1 Å². The Morgan fingerprint density at radius 3 is 1.74 bits per heavy atom. The van der Waals surface area contributed by atoms with Crippen LogP contribution < -0.4 is 4.90 Å². The van der Waals surface area contributed by atoms with Crippen LogP contribution in [0.15, 0.2) is 115 Å². The Morgan fingerprint density at radius 2 is 1.16 bits per heavy atom. The highest BCUT2D eigenvalue weighted by molar-refractivity contribution is 6.18. The summed E-state index contributed by atoms with van der Waals surface area (Å²) < 4.78 is 0. The van der Waals surface area contributed by atoms with Crippen molar-refractivity contribution in [2.24, 2.45) is 5.92 Å². The number of carbonyl (C=O) groups excluding carboxylic acids is 2. The number of anilines is 2. The first-order valence-electron chi connectivity index (χ1n) is 15.6. The zero-order chi connectivity index (χ0) is 29.2. The molecule has 7 rings (SSSR count). The lowest BCUT2D eigenvalue weighted by Gasteiger charge is -2.42. The van der Waals surface area contributed by atoms with Crippen molar-refractivity contribution in [2.45, 2.75) is 31.7 Å². The Bertz CT molecular complexity index is 1650. The van der Waals surface area contributed by atoms with Gasteiger partial charge in [-0.15, -0.1) is 0 Å². The van der Waals surface area contributed by atoms with E-state index >= 15 is 0 Å². The minimum absolute atomic E-state index is 0.0594. The minimum atomic E-state index is -0.0594. The van der Waals surface area contributed by atoms with Crippen LogP contribution in [0.2, 0.25) is 0 Å². The molecule has 2 aliphatic rings. The van der Waals surface area contributed by atoms with Gasteiger partial charge in [0.25, 0.3) is 5.91 Å². The second kappa shape index (κ2) is 12.0. The van der Waals surface area contributed by atoms with E-state index in [-0.39, 0.29) is 17.7 Å². The van der Waals surface area contributed by atoms with E-state index in [1.807, 2.05) is 94.7 Å². The van der Waals surface area contributed by atoms with Gasteiger partial charge in [-0.1, -0.05) is 84.9 Å². The molecule has 2 saturated heterocycles. The average molecular weight is 568 g/mol. The van der Waals surface area contributed by atoms with Crippen LogP contribution in [0.4, 0.5) is 11.4 Å². The molecular formula is C38H37N3O2. The average Bonchev–Trinajstić information content (AvgIpc) is 3.08. The van der Waals surface area contributed by atoms with Gasteiger partial charge in [0.15, 0.2) is 0 Å². The summed E-state index contributed by atoms with van der Waals surface area (Å²) in [4.78, 5) is 34.6. The van der Waals surface area contributed by atoms with Crippen LogP contribution in [0.25, 0.3) is 21.5 Å². The molecule has 2 aliphatic heterocycles. The molecule has 0 aromatic heterocycles. The number of rotatable bonds is 5. The summed E-state index contributed by atoms with van der Waals surface area (Å²) in [5.74, 6) is 0.230. The summed E-state index contributed by atoms with van der Waals surface area (Å²) in [6.45, 7) is 3.24. The number of hydrogen-bond donors (Lipinski definition) is 0. The van der Waals surface area contributed by atoms with Gasteiger partial charge in [-0.25, -0.2) is 0 Å². The van der Waals surface area contributed by atoms with Crippen molar-refractivity contribution in [3.63, 3.8) is 0 Å². The quantitative estimate of drug-likeness (QED) is 0.205. The SMILES string of the molecule is O=C(c1c2ccccc2cc2ccccc12)N1CCC(N2CCCC(C(=O)N(c3ccccc3)c3ccccc3)C2)CC1. The van der Waals surface area contributed by atoms with Crippen molar-refractivity contribution < 1.29 is 9.59 Å². The number of amides is 2. The number of carbonyl (C=O) groups is 2. The van der Waals surface area contributed by atoms with Gasteiger partial charge in [0, 0.05) is 37.1 Å². The van der Waals surface area contributed by atoms with Crippen molar-refractivity contribution in [1.29, 1.82) is 0 Å². The van der Waals surface area contributed by atoms with Crippen LogP contribution in [0.5, 0.6) is 0 Å². The number of para-hydroxylation sites is 2. The van der Waals surface area contributed by atoms with Gasteiger partial charge in [-0.3, -0.25) is 19.4 Å². The molecule has 2 heterocycles. The van der Waals surface area contributed by atoms with Crippen LogP contribution in [0.1, 0.15) is 36.0 Å². The number of nitrogens with zero attached hydrogens (tertiary/aromatic N) is 3. The van der Waals surface area contributed by atoms with E-state index in [1.54, 1.807) is 0 Å². The first-order valence-corrected chi connectivity index (χ1v) is 15.6. The standard InChI is InChI=1S/C38H37N3O2/c42-37(41(32-15-3-1-4-16-32)33-17-5-2-6-18-33)30-14-11-23-40(27-30)31-21-24-39(25-22-31)38(43)36-34-19-9-7-12-28(34)26-29-13-8-10-20-35(29)36/h1-10,12-13,15-20,26,30-31H,11,14,21-25,27H2. The monoisotopic (exact) mass is 567 g/mol. The summed E-state index contributed by atoms with van der Waals surface area (Å²) in [6.07, 6.45) is 3.76.